The summed E-state index contributed by atoms with van der Waals surface area (Å²) in [5, 5.41) is 1.21. The molecule has 198 valence electrons. The number of sulfonamides is 1. The van der Waals surface area contributed by atoms with Crippen LogP contribution in [0.15, 0.2) is 65.6 Å². The van der Waals surface area contributed by atoms with Gasteiger partial charge in [-0.25, -0.2) is 17.4 Å². The zero-order valence-electron chi connectivity index (χ0n) is 20.1. The van der Waals surface area contributed by atoms with E-state index >= 15 is 0 Å². The molecule has 14 heteroatoms. The Hall–Kier alpha value is -3.10. The maximum atomic E-state index is 13.3. The Morgan fingerprint density at radius 2 is 1.78 bits per heavy atom. The SMILES string of the molecule is C=C(C)C(C(=O)OC)N1C(=O)C(NC(=O)c2ccccc2Cl)C1S(=O)NNS(=O)(=O)c1ccc(C)cc1. The van der Waals surface area contributed by atoms with Crippen molar-refractivity contribution in [3.63, 3.8) is 0 Å². The van der Waals surface area contributed by atoms with Crippen molar-refractivity contribution >= 4 is 50.4 Å². The van der Waals surface area contributed by atoms with E-state index in [9.17, 15) is 27.0 Å². The van der Waals surface area contributed by atoms with E-state index in [4.69, 9.17) is 16.3 Å². The molecule has 0 aromatic heterocycles. The Bertz CT molecular complexity index is 1370. The highest BCUT2D eigenvalue weighted by Crippen LogP contribution is 2.29. The molecule has 2 amide bonds. The van der Waals surface area contributed by atoms with Gasteiger partial charge in [0.05, 0.1) is 22.6 Å². The number of methoxy groups -OCH3 is 1. The van der Waals surface area contributed by atoms with Crippen LogP contribution in [0, 0.1) is 6.92 Å². The van der Waals surface area contributed by atoms with E-state index in [2.05, 4.69) is 16.7 Å². The number of hydrazine groups is 1. The van der Waals surface area contributed by atoms with Gasteiger partial charge in [0, 0.05) is 0 Å². The molecule has 2 aromatic rings. The molecule has 0 radical (unpaired) electrons. The number of carbonyl (C=O) groups is 3. The molecule has 3 N–H and O–H groups in total. The molecule has 4 atom stereocenters. The second kappa shape index (κ2) is 11.5. The van der Waals surface area contributed by atoms with E-state index in [-0.39, 0.29) is 21.1 Å². The van der Waals surface area contributed by atoms with Crippen molar-refractivity contribution in [3.05, 3.63) is 76.8 Å². The number of hydrogen-bond donors (Lipinski definition) is 3. The van der Waals surface area contributed by atoms with Gasteiger partial charge < -0.3 is 15.0 Å². The lowest BCUT2D eigenvalue weighted by atomic mass is 9.99. The Kier molecular flexibility index (Phi) is 8.87. The summed E-state index contributed by atoms with van der Waals surface area (Å²) in [7, 11) is -5.38. The third-order valence-corrected chi connectivity index (χ3v) is 8.45. The van der Waals surface area contributed by atoms with Crippen molar-refractivity contribution in [2.75, 3.05) is 7.11 Å². The average molecular weight is 569 g/mol. The maximum Gasteiger partial charge on any atom is 0.332 e. The summed E-state index contributed by atoms with van der Waals surface area (Å²) >= 11 is 6.07. The largest absolute Gasteiger partial charge is 0.467 e. The summed E-state index contributed by atoms with van der Waals surface area (Å²) < 4.78 is 43.3. The zero-order chi connectivity index (χ0) is 27.5. The van der Waals surface area contributed by atoms with Crippen molar-refractivity contribution in [1.29, 1.82) is 0 Å². The van der Waals surface area contributed by atoms with E-state index in [0.29, 0.717) is 0 Å². The number of benzene rings is 2. The van der Waals surface area contributed by atoms with Gasteiger partial charge in [-0.2, -0.15) is 4.83 Å². The van der Waals surface area contributed by atoms with Gasteiger partial charge in [-0.15, -0.1) is 4.83 Å². The topological polar surface area (TPSA) is 151 Å². The Labute approximate surface area is 221 Å². The van der Waals surface area contributed by atoms with E-state index in [1.54, 1.807) is 31.2 Å². The second-order valence-electron chi connectivity index (χ2n) is 8.16. The minimum absolute atomic E-state index is 0.0670. The average Bonchev–Trinajstić information content (AvgIpc) is 2.86. The number of rotatable bonds is 10. The normalized spacial score (nSPS) is 18.9. The number of ether oxygens (including phenoxy) is 1. The molecule has 0 saturated carbocycles. The smallest absolute Gasteiger partial charge is 0.332 e. The van der Waals surface area contributed by atoms with Crippen LogP contribution in [-0.2, 0) is 35.3 Å². The van der Waals surface area contributed by atoms with Crippen LogP contribution in [0.25, 0.3) is 0 Å². The van der Waals surface area contributed by atoms with E-state index < -0.39 is 56.3 Å². The minimum Gasteiger partial charge on any atom is -0.467 e. The Morgan fingerprint density at radius 3 is 2.35 bits per heavy atom. The van der Waals surface area contributed by atoms with Crippen molar-refractivity contribution in [2.45, 2.75) is 36.2 Å². The molecule has 1 fully saturated rings. The van der Waals surface area contributed by atoms with Crippen molar-refractivity contribution < 1.29 is 31.7 Å². The van der Waals surface area contributed by atoms with Gasteiger partial charge in [-0.1, -0.05) is 48.0 Å². The van der Waals surface area contributed by atoms with Gasteiger partial charge in [-0.05, 0) is 43.7 Å². The number of carbonyl (C=O) groups excluding carboxylic acids is 3. The molecule has 0 spiro atoms. The first kappa shape index (κ1) is 28.5. The molecular weight excluding hydrogens is 544 g/mol. The molecule has 1 saturated heterocycles. The first-order valence-electron chi connectivity index (χ1n) is 10.7. The maximum absolute atomic E-state index is 13.3. The molecule has 0 aliphatic carbocycles. The fourth-order valence-electron chi connectivity index (χ4n) is 3.58. The molecule has 1 aliphatic heterocycles. The number of β-lactam (4-membered cyclic amide) rings is 1. The van der Waals surface area contributed by atoms with Gasteiger partial charge >= 0.3 is 5.97 Å². The summed E-state index contributed by atoms with van der Waals surface area (Å²) in [6, 6.07) is 9.30. The first-order chi connectivity index (χ1) is 17.4. The molecule has 37 heavy (non-hydrogen) atoms. The highest BCUT2D eigenvalue weighted by Gasteiger charge is 2.56. The van der Waals surface area contributed by atoms with Gasteiger partial charge in [0.1, 0.15) is 17.0 Å². The molecule has 11 nitrogen and oxygen atoms in total. The van der Waals surface area contributed by atoms with Crippen LogP contribution in [0.1, 0.15) is 22.8 Å². The van der Waals surface area contributed by atoms with Crippen LogP contribution in [0.4, 0.5) is 0 Å². The van der Waals surface area contributed by atoms with E-state index in [0.717, 1.165) is 17.6 Å². The molecule has 1 aliphatic rings. The number of hydrogen-bond acceptors (Lipinski definition) is 7. The van der Waals surface area contributed by atoms with Gasteiger partial charge in [0.25, 0.3) is 21.8 Å². The number of aryl methyl sites for hydroxylation is 1. The highest BCUT2D eigenvalue weighted by atomic mass is 35.5. The summed E-state index contributed by atoms with van der Waals surface area (Å²) in [5.41, 5.74) is 1.11. The van der Waals surface area contributed by atoms with Crippen molar-refractivity contribution in [1.82, 2.24) is 19.9 Å². The predicted octanol–water partition coefficient (Wildman–Crippen LogP) is 1.18. The Balaban J connectivity index is 1.88. The number of halogens is 1. The van der Waals surface area contributed by atoms with Crippen LogP contribution in [0.3, 0.4) is 0 Å². The van der Waals surface area contributed by atoms with Gasteiger partial charge in [0.15, 0.2) is 11.4 Å². The summed E-state index contributed by atoms with van der Waals surface area (Å²) in [6.07, 6.45) is 0. The standard InChI is InChI=1S/C23H25ClN4O7S2/c1-13(2)19(23(31)35-4)28-21(30)18(25-20(29)16-7-5-6-8-17(16)24)22(28)36(32)26-27-37(33,34)15-11-9-14(3)10-12-15/h5-12,18-19,22,26-27H,1H2,2-4H3,(H,25,29). The van der Waals surface area contributed by atoms with E-state index in [1.807, 2.05) is 4.83 Å². The monoisotopic (exact) mass is 568 g/mol. The van der Waals surface area contributed by atoms with Crippen molar-refractivity contribution in [2.24, 2.45) is 0 Å². The molecule has 0 bridgehead atoms. The number of amides is 2. The highest BCUT2D eigenvalue weighted by molar-refractivity contribution is 7.90. The van der Waals surface area contributed by atoms with Crippen LogP contribution >= 0.6 is 11.6 Å². The van der Waals surface area contributed by atoms with E-state index in [1.165, 1.54) is 31.2 Å². The number of nitrogens with zero attached hydrogens (tertiary/aromatic N) is 1. The molecule has 3 rings (SSSR count). The molecule has 1 heterocycles. The summed E-state index contributed by atoms with van der Waals surface area (Å²) in [6.45, 7) is 6.96. The third-order valence-electron chi connectivity index (χ3n) is 5.48. The third kappa shape index (κ3) is 6.08. The zero-order valence-corrected chi connectivity index (χ0v) is 22.4. The molecule has 4 unspecified atom stereocenters. The lowest BCUT2D eigenvalue weighted by molar-refractivity contribution is -0.160. The fraction of sp³-hybridized carbons (Fsp3) is 0.261. The van der Waals surface area contributed by atoms with Crippen LogP contribution in [0.2, 0.25) is 5.02 Å². The second-order valence-corrected chi connectivity index (χ2v) is 11.5. The first-order valence-corrected chi connectivity index (χ1v) is 13.8. The minimum atomic E-state index is -4.14. The molecule has 2 aromatic carbocycles. The van der Waals surface area contributed by atoms with Crippen LogP contribution in [-0.4, -0.2) is 59.9 Å². The number of likely N-dealkylation sites (tertiary alicyclic amines) is 1. The summed E-state index contributed by atoms with van der Waals surface area (Å²) in [5.74, 6) is -2.32. The molecular formula is C23H25ClN4O7S2. The lowest BCUT2D eigenvalue weighted by Crippen LogP contribution is -2.76. The lowest BCUT2D eigenvalue weighted by Gasteiger charge is -2.48. The quantitative estimate of drug-likeness (QED) is 0.168. The van der Waals surface area contributed by atoms with Crippen molar-refractivity contribution in [3.8, 4) is 0 Å². The number of esters is 1. The number of nitrogens with one attached hydrogen (secondary N) is 3. The fourth-order valence-corrected chi connectivity index (χ4v) is 6.17. The van der Waals surface area contributed by atoms with Crippen LogP contribution in [0.5, 0.6) is 0 Å². The Morgan fingerprint density at radius 1 is 1.16 bits per heavy atom. The van der Waals surface area contributed by atoms with Gasteiger partial charge in [-0.3, -0.25) is 9.59 Å². The predicted molar refractivity (Wildman–Crippen MR) is 137 cm³/mol. The van der Waals surface area contributed by atoms with Gasteiger partial charge in [0.2, 0.25) is 0 Å². The summed E-state index contributed by atoms with van der Waals surface area (Å²) in [4.78, 5) is 43.3. The van der Waals surface area contributed by atoms with Crippen LogP contribution < -0.4 is 15.0 Å².